The average molecular weight is 299 g/mol. The summed E-state index contributed by atoms with van der Waals surface area (Å²) in [6, 6.07) is 10.0. The standard InChI is InChI=1S/C17H21N3O2/c1-11-14(9-6-10-18-11)20-16(21)15-12(2)19-17(22-15)13-7-4-3-5-8-13/h3-5,7-8,11,14,18H,6,9-10H2,1-2H3,(H,20,21). The quantitative estimate of drug-likeness (QED) is 0.914. The molecule has 1 aliphatic rings. The van der Waals surface area contributed by atoms with Gasteiger partial charge >= 0.3 is 0 Å². The van der Waals surface area contributed by atoms with Crippen molar-refractivity contribution >= 4 is 5.91 Å². The molecular weight excluding hydrogens is 278 g/mol. The number of oxazole rings is 1. The molecule has 0 aliphatic carbocycles. The van der Waals surface area contributed by atoms with E-state index in [1.54, 1.807) is 6.92 Å². The Hall–Kier alpha value is -2.14. The van der Waals surface area contributed by atoms with Gasteiger partial charge in [0.15, 0.2) is 0 Å². The monoisotopic (exact) mass is 299 g/mol. The van der Waals surface area contributed by atoms with E-state index in [9.17, 15) is 4.79 Å². The van der Waals surface area contributed by atoms with E-state index in [4.69, 9.17) is 4.42 Å². The van der Waals surface area contributed by atoms with E-state index in [1.165, 1.54) is 0 Å². The zero-order valence-corrected chi connectivity index (χ0v) is 12.9. The topological polar surface area (TPSA) is 67.2 Å². The summed E-state index contributed by atoms with van der Waals surface area (Å²) in [6.07, 6.45) is 2.05. The molecule has 0 spiro atoms. The lowest BCUT2D eigenvalue weighted by molar-refractivity contribution is 0.0891. The van der Waals surface area contributed by atoms with Crippen LogP contribution in [0.2, 0.25) is 0 Å². The van der Waals surface area contributed by atoms with Gasteiger partial charge in [-0.05, 0) is 45.4 Å². The number of carbonyl (C=O) groups is 1. The van der Waals surface area contributed by atoms with E-state index in [0.717, 1.165) is 24.9 Å². The molecule has 5 heteroatoms. The zero-order valence-electron chi connectivity index (χ0n) is 12.9. The van der Waals surface area contributed by atoms with Crippen molar-refractivity contribution in [2.45, 2.75) is 38.8 Å². The number of benzene rings is 1. The van der Waals surface area contributed by atoms with Gasteiger partial charge in [0.25, 0.3) is 5.91 Å². The number of amides is 1. The van der Waals surface area contributed by atoms with Crippen LogP contribution in [0.5, 0.6) is 0 Å². The van der Waals surface area contributed by atoms with Crippen molar-refractivity contribution < 1.29 is 9.21 Å². The first-order valence-corrected chi connectivity index (χ1v) is 7.72. The minimum absolute atomic E-state index is 0.130. The second-order valence-electron chi connectivity index (χ2n) is 5.76. The Bertz CT molecular complexity index is 651. The summed E-state index contributed by atoms with van der Waals surface area (Å²) in [4.78, 5) is 16.8. The number of aryl methyl sites for hydroxylation is 1. The first-order chi connectivity index (χ1) is 10.6. The summed E-state index contributed by atoms with van der Waals surface area (Å²) in [5.41, 5.74) is 1.49. The van der Waals surface area contributed by atoms with Gasteiger partial charge in [-0.25, -0.2) is 4.98 Å². The van der Waals surface area contributed by atoms with Gasteiger partial charge in [0.1, 0.15) is 0 Å². The number of hydrogen-bond acceptors (Lipinski definition) is 4. The molecule has 116 valence electrons. The van der Waals surface area contributed by atoms with E-state index in [0.29, 0.717) is 17.3 Å². The van der Waals surface area contributed by atoms with Crippen LogP contribution in [0.15, 0.2) is 34.7 Å². The molecule has 5 nitrogen and oxygen atoms in total. The summed E-state index contributed by atoms with van der Waals surface area (Å²) in [7, 11) is 0. The third-order valence-corrected chi connectivity index (χ3v) is 4.10. The second kappa shape index (κ2) is 6.32. The number of nitrogens with zero attached hydrogens (tertiary/aromatic N) is 1. The molecule has 2 N–H and O–H groups in total. The zero-order chi connectivity index (χ0) is 15.5. The Morgan fingerprint density at radius 2 is 2.14 bits per heavy atom. The molecule has 1 aliphatic heterocycles. The molecule has 22 heavy (non-hydrogen) atoms. The van der Waals surface area contributed by atoms with E-state index < -0.39 is 0 Å². The minimum atomic E-state index is -0.187. The van der Waals surface area contributed by atoms with Gasteiger partial charge in [-0.1, -0.05) is 18.2 Å². The third-order valence-electron chi connectivity index (χ3n) is 4.10. The first-order valence-electron chi connectivity index (χ1n) is 7.72. The molecule has 2 atom stereocenters. The van der Waals surface area contributed by atoms with Gasteiger partial charge in [-0.2, -0.15) is 0 Å². The van der Waals surface area contributed by atoms with Crippen LogP contribution in [0.3, 0.4) is 0 Å². The van der Waals surface area contributed by atoms with E-state index in [-0.39, 0.29) is 18.0 Å². The maximum atomic E-state index is 12.5. The van der Waals surface area contributed by atoms with Crippen LogP contribution in [0.4, 0.5) is 0 Å². The predicted octanol–water partition coefficient (Wildman–Crippen LogP) is 2.52. The molecule has 1 saturated heterocycles. The summed E-state index contributed by atoms with van der Waals surface area (Å²) >= 11 is 0. The largest absolute Gasteiger partial charge is 0.431 e. The van der Waals surface area contributed by atoms with Crippen molar-refractivity contribution in [3.8, 4) is 11.5 Å². The summed E-state index contributed by atoms with van der Waals surface area (Å²) in [6.45, 7) is 4.90. The Morgan fingerprint density at radius 1 is 1.36 bits per heavy atom. The Kier molecular flexibility index (Phi) is 4.24. The molecule has 1 amide bonds. The van der Waals surface area contributed by atoms with Gasteiger partial charge in [0.2, 0.25) is 11.7 Å². The van der Waals surface area contributed by atoms with Crippen molar-refractivity contribution in [3.05, 3.63) is 41.8 Å². The summed E-state index contributed by atoms with van der Waals surface area (Å²) in [5.74, 6) is 0.599. The summed E-state index contributed by atoms with van der Waals surface area (Å²) in [5, 5.41) is 6.43. The molecule has 0 radical (unpaired) electrons. The maximum Gasteiger partial charge on any atom is 0.289 e. The molecule has 2 aromatic rings. The van der Waals surface area contributed by atoms with Gasteiger partial charge in [0, 0.05) is 17.6 Å². The molecule has 1 fully saturated rings. The lowest BCUT2D eigenvalue weighted by atomic mass is 10.00. The number of rotatable bonds is 3. The normalized spacial score (nSPS) is 21.5. The molecule has 3 rings (SSSR count). The highest BCUT2D eigenvalue weighted by atomic mass is 16.4. The number of aromatic nitrogens is 1. The Labute approximate surface area is 130 Å². The Balaban J connectivity index is 1.77. The van der Waals surface area contributed by atoms with Gasteiger partial charge in [-0.3, -0.25) is 4.79 Å². The van der Waals surface area contributed by atoms with Crippen molar-refractivity contribution in [2.24, 2.45) is 0 Å². The summed E-state index contributed by atoms with van der Waals surface area (Å²) < 4.78 is 5.70. The molecule has 0 saturated carbocycles. The van der Waals surface area contributed by atoms with Crippen molar-refractivity contribution in [1.29, 1.82) is 0 Å². The number of carbonyl (C=O) groups excluding carboxylic acids is 1. The number of piperidine rings is 1. The van der Waals surface area contributed by atoms with Crippen LogP contribution in [-0.4, -0.2) is 29.5 Å². The molecule has 1 aromatic carbocycles. The fourth-order valence-corrected chi connectivity index (χ4v) is 2.79. The lowest BCUT2D eigenvalue weighted by Crippen LogP contribution is -2.51. The van der Waals surface area contributed by atoms with Gasteiger partial charge in [-0.15, -0.1) is 0 Å². The molecule has 2 heterocycles. The second-order valence-corrected chi connectivity index (χ2v) is 5.76. The van der Waals surface area contributed by atoms with Crippen LogP contribution in [0.1, 0.15) is 36.0 Å². The van der Waals surface area contributed by atoms with Crippen LogP contribution >= 0.6 is 0 Å². The molecular formula is C17H21N3O2. The van der Waals surface area contributed by atoms with E-state index in [1.807, 2.05) is 30.3 Å². The van der Waals surface area contributed by atoms with Crippen LogP contribution in [0.25, 0.3) is 11.5 Å². The fourth-order valence-electron chi connectivity index (χ4n) is 2.79. The number of nitrogens with one attached hydrogen (secondary N) is 2. The lowest BCUT2D eigenvalue weighted by Gasteiger charge is -2.30. The van der Waals surface area contributed by atoms with Crippen LogP contribution < -0.4 is 10.6 Å². The number of hydrogen-bond donors (Lipinski definition) is 2. The van der Waals surface area contributed by atoms with Crippen molar-refractivity contribution in [2.75, 3.05) is 6.54 Å². The van der Waals surface area contributed by atoms with E-state index >= 15 is 0 Å². The highest BCUT2D eigenvalue weighted by Crippen LogP contribution is 2.21. The average Bonchev–Trinajstić information content (AvgIpc) is 2.92. The van der Waals surface area contributed by atoms with Crippen LogP contribution in [-0.2, 0) is 0 Å². The smallest absolute Gasteiger partial charge is 0.289 e. The molecule has 2 unspecified atom stereocenters. The molecule has 1 aromatic heterocycles. The maximum absolute atomic E-state index is 12.5. The predicted molar refractivity (Wildman–Crippen MR) is 84.6 cm³/mol. The highest BCUT2D eigenvalue weighted by molar-refractivity contribution is 5.93. The molecule has 0 bridgehead atoms. The fraction of sp³-hybridized carbons (Fsp3) is 0.412. The first kappa shape index (κ1) is 14.8. The Morgan fingerprint density at radius 3 is 2.86 bits per heavy atom. The third kappa shape index (κ3) is 3.04. The minimum Gasteiger partial charge on any atom is -0.431 e. The van der Waals surface area contributed by atoms with Gasteiger partial charge < -0.3 is 15.1 Å². The van der Waals surface area contributed by atoms with E-state index in [2.05, 4.69) is 22.5 Å². The van der Waals surface area contributed by atoms with Crippen LogP contribution in [0, 0.1) is 6.92 Å². The SMILES string of the molecule is Cc1nc(-c2ccccc2)oc1C(=O)NC1CCCNC1C. The van der Waals surface area contributed by atoms with Crippen molar-refractivity contribution in [1.82, 2.24) is 15.6 Å². The highest BCUT2D eigenvalue weighted by Gasteiger charge is 2.25. The van der Waals surface area contributed by atoms with Gasteiger partial charge in [0.05, 0.1) is 5.69 Å². The van der Waals surface area contributed by atoms with Crippen molar-refractivity contribution in [3.63, 3.8) is 0 Å².